The molecular weight excluding hydrogens is 261 g/mol. The molecule has 1 fully saturated rings. The van der Waals surface area contributed by atoms with E-state index in [9.17, 15) is 5.11 Å². The van der Waals surface area contributed by atoms with Crippen LogP contribution in [0, 0.1) is 0 Å². The largest absolute Gasteiger partial charge is 0.388 e. The Morgan fingerprint density at radius 1 is 1.29 bits per heavy atom. The number of hydrogen-bond acceptors (Lipinski definition) is 4. The normalized spacial score (nSPS) is 19.0. The van der Waals surface area contributed by atoms with Gasteiger partial charge in [-0.25, -0.2) is 4.98 Å². The van der Waals surface area contributed by atoms with Gasteiger partial charge in [-0.2, -0.15) is 4.98 Å². The summed E-state index contributed by atoms with van der Waals surface area (Å²) in [6.07, 6.45) is 6.41. The molecule has 6 heteroatoms. The summed E-state index contributed by atoms with van der Waals surface area (Å²) < 4.78 is 0. The molecule has 0 atom stereocenters. The molecule has 1 aromatic heterocycles. The Morgan fingerprint density at radius 2 is 2.00 bits per heavy atom. The number of nitrogens with one attached hydrogen (secondary N) is 1. The average Bonchev–Trinajstić information content (AvgIpc) is 2.31. The molecular formula is C11H15Cl2N3O. The first kappa shape index (κ1) is 12.9. The smallest absolute Gasteiger partial charge is 0.224 e. The van der Waals surface area contributed by atoms with Crippen LogP contribution < -0.4 is 5.32 Å². The number of hydrogen-bond donors (Lipinski definition) is 2. The van der Waals surface area contributed by atoms with Gasteiger partial charge in [0, 0.05) is 6.54 Å². The lowest BCUT2D eigenvalue weighted by molar-refractivity contribution is 0.0166. The number of aromatic nitrogens is 2. The maximum atomic E-state index is 10.3. The molecule has 1 saturated carbocycles. The molecule has 0 spiro atoms. The molecule has 0 saturated heterocycles. The summed E-state index contributed by atoms with van der Waals surface area (Å²) in [6.45, 7) is 0.445. The molecule has 2 rings (SSSR count). The van der Waals surface area contributed by atoms with Crippen molar-refractivity contribution >= 4 is 29.0 Å². The SMILES string of the molecule is OC1(CNc2nc(Cl)ncc2Cl)CCCCC1. The van der Waals surface area contributed by atoms with Crippen LogP contribution in [0.4, 0.5) is 5.82 Å². The van der Waals surface area contributed by atoms with Crippen molar-refractivity contribution < 1.29 is 5.11 Å². The van der Waals surface area contributed by atoms with Crippen molar-refractivity contribution in [2.24, 2.45) is 0 Å². The van der Waals surface area contributed by atoms with Crippen LogP contribution in [0.15, 0.2) is 6.20 Å². The third-order valence-electron chi connectivity index (χ3n) is 3.08. The van der Waals surface area contributed by atoms with Crippen LogP contribution >= 0.6 is 23.2 Å². The van der Waals surface area contributed by atoms with Gasteiger partial charge in [0.25, 0.3) is 0 Å². The molecule has 17 heavy (non-hydrogen) atoms. The first-order chi connectivity index (χ1) is 8.09. The predicted molar refractivity (Wildman–Crippen MR) is 68.6 cm³/mol. The lowest BCUT2D eigenvalue weighted by Gasteiger charge is -2.32. The molecule has 0 bridgehead atoms. The monoisotopic (exact) mass is 275 g/mol. The lowest BCUT2D eigenvalue weighted by atomic mass is 9.85. The summed E-state index contributed by atoms with van der Waals surface area (Å²) in [5, 5.41) is 13.9. The van der Waals surface area contributed by atoms with E-state index in [4.69, 9.17) is 23.2 Å². The van der Waals surface area contributed by atoms with E-state index < -0.39 is 5.60 Å². The van der Waals surface area contributed by atoms with Crippen LogP contribution in [0.1, 0.15) is 32.1 Å². The highest BCUT2D eigenvalue weighted by Gasteiger charge is 2.29. The second kappa shape index (κ2) is 5.38. The quantitative estimate of drug-likeness (QED) is 0.833. The number of anilines is 1. The van der Waals surface area contributed by atoms with E-state index in [-0.39, 0.29) is 5.28 Å². The number of halogens is 2. The van der Waals surface area contributed by atoms with Gasteiger partial charge in [0.15, 0.2) is 0 Å². The predicted octanol–water partition coefficient (Wildman–Crippen LogP) is 2.89. The Morgan fingerprint density at radius 3 is 2.71 bits per heavy atom. The summed E-state index contributed by atoms with van der Waals surface area (Å²) in [6, 6.07) is 0. The van der Waals surface area contributed by atoms with Gasteiger partial charge in [-0.05, 0) is 24.4 Å². The van der Waals surface area contributed by atoms with E-state index in [1.807, 2.05) is 0 Å². The molecule has 0 amide bonds. The van der Waals surface area contributed by atoms with Gasteiger partial charge in [0.1, 0.15) is 10.8 Å². The fourth-order valence-corrected chi connectivity index (χ4v) is 2.40. The summed E-state index contributed by atoms with van der Waals surface area (Å²) in [5.74, 6) is 0.477. The fraction of sp³-hybridized carbons (Fsp3) is 0.636. The lowest BCUT2D eigenvalue weighted by Crippen LogP contribution is -2.39. The molecule has 1 heterocycles. The zero-order valence-corrected chi connectivity index (χ0v) is 10.9. The molecule has 1 aromatic rings. The van der Waals surface area contributed by atoms with Crippen molar-refractivity contribution in [3.8, 4) is 0 Å². The minimum Gasteiger partial charge on any atom is -0.388 e. The van der Waals surface area contributed by atoms with Gasteiger partial charge in [-0.15, -0.1) is 0 Å². The van der Waals surface area contributed by atoms with Crippen LogP contribution in [0.5, 0.6) is 0 Å². The third-order valence-corrected chi connectivity index (χ3v) is 3.54. The molecule has 1 aliphatic carbocycles. The minimum absolute atomic E-state index is 0.146. The van der Waals surface area contributed by atoms with Crippen molar-refractivity contribution in [1.82, 2.24) is 9.97 Å². The van der Waals surface area contributed by atoms with Crippen molar-refractivity contribution in [3.63, 3.8) is 0 Å². The van der Waals surface area contributed by atoms with E-state index >= 15 is 0 Å². The van der Waals surface area contributed by atoms with Crippen LogP contribution in [0.3, 0.4) is 0 Å². The Bertz CT molecular complexity index is 394. The zero-order valence-electron chi connectivity index (χ0n) is 9.42. The number of rotatable bonds is 3. The maximum Gasteiger partial charge on any atom is 0.224 e. The van der Waals surface area contributed by atoms with Crippen molar-refractivity contribution in [1.29, 1.82) is 0 Å². The van der Waals surface area contributed by atoms with Crippen LogP contribution in [0.25, 0.3) is 0 Å². The third kappa shape index (κ3) is 3.44. The van der Waals surface area contributed by atoms with Gasteiger partial charge in [0.2, 0.25) is 5.28 Å². The Hall–Kier alpha value is -0.580. The first-order valence-electron chi connectivity index (χ1n) is 5.73. The van der Waals surface area contributed by atoms with E-state index in [1.54, 1.807) is 0 Å². The second-order valence-electron chi connectivity index (χ2n) is 4.47. The molecule has 4 nitrogen and oxygen atoms in total. The minimum atomic E-state index is -0.654. The fourth-order valence-electron chi connectivity index (χ4n) is 2.10. The van der Waals surface area contributed by atoms with Gasteiger partial charge in [-0.1, -0.05) is 30.9 Å². The second-order valence-corrected chi connectivity index (χ2v) is 5.22. The first-order valence-corrected chi connectivity index (χ1v) is 6.49. The molecule has 0 unspecified atom stereocenters. The van der Waals surface area contributed by atoms with Crippen LogP contribution in [-0.2, 0) is 0 Å². The van der Waals surface area contributed by atoms with E-state index in [1.165, 1.54) is 12.6 Å². The van der Waals surface area contributed by atoms with Gasteiger partial charge >= 0.3 is 0 Å². The Balaban J connectivity index is 1.99. The number of nitrogens with zero attached hydrogens (tertiary/aromatic N) is 2. The van der Waals surface area contributed by atoms with Crippen molar-refractivity contribution in [3.05, 3.63) is 16.5 Å². The highest BCUT2D eigenvalue weighted by molar-refractivity contribution is 6.33. The summed E-state index contributed by atoms with van der Waals surface area (Å²) in [4.78, 5) is 7.76. The highest BCUT2D eigenvalue weighted by atomic mass is 35.5. The zero-order chi connectivity index (χ0) is 12.3. The standard InChI is InChI=1S/C11H15Cl2N3O/c12-8-6-14-10(13)16-9(8)15-7-11(17)4-2-1-3-5-11/h6,17H,1-5,7H2,(H,14,15,16). The van der Waals surface area contributed by atoms with Crippen molar-refractivity contribution in [2.75, 3.05) is 11.9 Å². The Kier molecular flexibility index (Phi) is 4.07. The van der Waals surface area contributed by atoms with Gasteiger partial charge in [-0.3, -0.25) is 0 Å². The van der Waals surface area contributed by atoms with E-state index in [0.717, 1.165) is 25.7 Å². The molecule has 0 aliphatic heterocycles. The maximum absolute atomic E-state index is 10.3. The van der Waals surface area contributed by atoms with Crippen molar-refractivity contribution in [2.45, 2.75) is 37.7 Å². The average molecular weight is 276 g/mol. The molecule has 94 valence electrons. The van der Waals surface area contributed by atoms with Gasteiger partial charge in [0.05, 0.1) is 11.8 Å². The van der Waals surface area contributed by atoms with E-state index in [0.29, 0.717) is 17.4 Å². The van der Waals surface area contributed by atoms with Gasteiger partial charge < -0.3 is 10.4 Å². The molecule has 1 aliphatic rings. The van der Waals surface area contributed by atoms with Crippen LogP contribution in [0.2, 0.25) is 10.3 Å². The van der Waals surface area contributed by atoms with Crippen LogP contribution in [-0.4, -0.2) is 27.2 Å². The number of aliphatic hydroxyl groups is 1. The molecule has 0 aromatic carbocycles. The molecule has 0 radical (unpaired) electrons. The summed E-state index contributed by atoms with van der Waals surface area (Å²) >= 11 is 11.6. The Labute approximate surface area is 110 Å². The highest BCUT2D eigenvalue weighted by Crippen LogP contribution is 2.29. The summed E-state index contributed by atoms with van der Waals surface area (Å²) in [5.41, 5.74) is -0.654. The van der Waals surface area contributed by atoms with E-state index in [2.05, 4.69) is 15.3 Å². The topological polar surface area (TPSA) is 58.0 Å². The molecule has 2 N–H and O–H groups in total. The summed E-state index contributed by atoms with van der Waals surface area (Å²) in [7, 11) is 0.